The number of benzene rings is 2. The van der Waals surface area contributed by atoms with Crippen LogP contribution in [-0.2, 0) is 0 Å². The zero-order chi connectivity index (χ0) is 14.8. The predicted octanol–water partition coefficient (Wildman–Crippen LogP) is 4.47. The molecule has 104 valence electrons. The predicted molar refractivity (Wildman–Crippen MR) is 89.1 cm³/mol. The lowest BCUT2D eigenvalue weighted by Crippen LogP contribution is -2.11. The van der Waals surface area contributed by atoms with Crippen LogP contribution in [0.2, 0.25) is 5.02 Å². The van der Waals surface area contributed by atoms with Gasteiger partial charge in [0.15, 0.2) is 0 Å². The summed E-state index contributed by atoms with van der Waals surface area (Å²) < 4.78 is 0.847. The molecular weight excluding hydrogens is 354 g/mol. The number of nitrogens with one attached hydrogen (secondary N) is 1. The molecule has 0 aliphatic carbocycles. The summed E-state index contributed by atoms with van der Waals surface area (Å²) in [6.45, 7) is 0. The average molecular weight is 363 g/mol. The van der Waals surface area contributed by atoms with Gasteiger partial charge in [-0.15, -0.1) is 0 Å². The van der Waals surface area contributed by atoms with Crippen molar-refractivity contribution in [2.24, 2.45) is 10.1 Å². The van der Waals surface area contributed by atoms with Crippen LogP contribution >= 0.6 is 27.5 Å². The topological polar surface area (TPSA) is 53.8 Å². The van der Waals surface area contributed by atoms with Crippen molar-refractivity contribution in [1.29, 1.82) is 0 Å². The lowest BCUT2D eigenvalue weighted by Gasteiger charge is -1.99. The lowest BCUT2D eigenvalue weighted by molar-refractivity contribution is 0.107. The number of aliphatic imine (C=N–C) groups is 1. The monoisotopic (exact) mass is 361 g/mol. The first-order chi connectivity index (χ1) is 10.1. The molecule has 4 nitrogen and oxygen atoms in total. The third kappa shape index (κ3) is 3.04. The van der Waals surface area contributed by atoms with Gasteiger partial charge in [0.1, 0.15) is 5.71 Å². The quantitative estimate of drug-likeness (QED) is 0.647. The minimum Gasteiger partial charge on any atom is -0.287 e. The van der Waals surface area contributed by atoms with Crippen LogP contribution < -0.4 is 5.43 Å². The van der Waals surface area contributed by atoms with Crippen LogP contribution in [0.3, 0.4) is 0 Å². The number of anilines is 1. The minimum absolute atomic E-state index is 0.136. The van der Waals surface area contributed by atoms with Crippen LogP contribution in [0.25, 0.3) is 0 Å². The van der Waals surface area contributed by atoms with Gasteiger partial charge in [-0.05, 0) is 36.4 Å². The molecule has 0 atom stereocenters. The Morgan fingerprint density at radius 1 is 1.24 bits per heavy atom. The van der Waals surface area contributed by atoms with Crippen LogP contribution in [0.15, 0.2) is 57.0 Å². The Bertz CT molecular complexity index is 786. The fourth-order valence-electron chi connectivity index (χ4n) is 1.92. The number of hydrogen-bond acceptors (Lipinski definition) is 4. The van der Waals surface area contributed by atoms with E-state index in [1.54, 1.807) is 24.3 Å². The zero-order valence-corrected chi connectivity index (χ0v) is 13.0. The van der Waals surface area contributed by atoms with Crippen molar-refractivity contribution in [3.05, 3.63) is 57.5 Å². The van der Waals surface area contributed by atoms with Gasteiger partial charge in [0.25, 0.3) is 0 Å². The molecule has 1 heterocycles. The number of carbonyl (C=O) groups is 1. The molecule has 2 aromatic rings. The Morgan fingerprint density at radius 2 is 2.10 bits per heavy atom. The number of nitrogens with zero attached hydrogens (tertiary/aromatic N) is 2. The van der Waals surface area contributed by atoms with E-state index in [0.717, 1.165) is 10.2 Å². The molecule has 1 aliphatic heterocycles. The number of ketones is 1. The summed E-state index contributed by atoms with van der Waals surface area (Å²) in [7, 11) is 0. The molecular formula is C15H9BrClN3O. The lowest BCUT2D eigenvalue weighted by atomic mass is 10.1. The second-order valence-corrected chi connectivity index (χ2v) is 5.72. The second kappa shape index (κ2) is 5.79. The van der Waals surface area contributed by atoms with Crippen LogP contribution in [0.4, 0.5) is 11.4 Å². The third-order valence-corrected chi connectivity index (χ3v) is 3.61. The molecule has 2 aromatic carbocycles. The van der Waals surface area contributed by atoms with Gasteiger partial charge in [0.05, 0.1) is 23.2 Å². The number of halogens is 2. The molecule has 0 amide bonds. The normalized spacial score (nSPS) is 13.4. The molecule has 0 unspecified atom stereocenters. The molecule has 0 bridgehead atoms. The molecule has 6 heteroatoms. The summed E-state index contributed by atoms with van der Waals surface area (Å²) >= 11 is 9.22. The molecule has 0 saturated heterocycles. The van der Waals surface area contributed by atoms with Gasteiger partial charge in [-0.3, -0.25) is 10.2 Å². The van der Waals surface area contributed by atoms with Crippen LogP contribution in [0, 0.1) is 0 Å². The van der Waals surface area contributed by atoms with E-state index < -0.39 is 0 Å². The summed E-state index contributed by atoms with van der Waals surface area (Å²) in [6.07, 6.45) is 1.41. The zero-order valence-electron chi connectivity index (χ0n) is 10.7. The fraction of sp³-hybridized carbons (Fsp3) is 0. The van der Waals surface area contributed by atoms with Crippen LogP contribution in [-0.4, -0.2) is 17.7 Å². The smallest absolute Gasteiger partial charge is 0.215 e. The second-order valence-electron chi connectivity index (χ2n) is 4.37. The highest BCUT2D eigenvalue weighted by molar-refractivity contribution is 9.10. The third-order valence-electron chi connectivity index (χ3n) is 2.88. The Labute approximate surface area is 134 Å². The number of rotatable bonds is 3. The maximum absolute atomic E-state index is 12.2. The summed E-state index contributed by atoms with van der Waals surface area (Å²) in [6, 6.07) is 12.5. The van der Waals surface area contributed by atoms with Crippen LogP contribution in [0.5, 0.6) is 0 Å². The number of hydrogen-bond donors (Lipinski definition) is 1. The summed E-state index contributed by atoms with van der Waals surface area (Å²) in [4.78, 5) is 16.4. The number of carbonyl (C=O) groups excluding carboxylic acids is 1. The van der Waals surface area contributed by atoms with E-state index in [1.165, 1.54) is 6.21 Å². The summed E-state index contributed by atoms with van der Waals surface area (Å²) in [5.41, 5.74) is 5.09. The number of hydrazone groups is 1. The molecule has 0 spiro atoms. The maximum atomic E-state index is 12.2. The highest BCUT2D eigenvalue weighted by atomic mass is 79.9. The first-order valence-corrected chi connectivity index (χ1v) is 7.28. The fourth-order valence-corrected chi connectivity index (χ4v) is 2.47. The van der Waals surface area contributed by atoms with E-state index >= 15 is 0 Å². The molecule has 0 aromatic heterocycles. The highest BCUT2D eigenvalue weighted by Crippen LogP contribution is 2.29. The first kappa shape index (κ1) is 14.0. The van der Waals surface area contributed by atoms with Gasteiger partial charge in [-0.2, -0.15) is 5.10 Å². The van der Waals surface area contributed by atoms with Crippen molar-refractivity contribution in [3.63, 3.8) is 0 Å². The Kier molecular flexibility index (Phi) is 3.86. The van der Waals surface area contributed by atoms with E-state index in [0.29, 0.717) is 22.0 Å². The molecule has 0 saturated carbocycles. The maximum Gasteiger partial charge on any atom is 0.215 e. The van der Waals surface area contributed by atoms with Crippen molar-refractivity contribution in [3.8, 4) is 0 Å². The van der Waals surface area contributed by atoms with Crippen molar-refractivity contribution >= 4 is 56.6 Å². The van der Waals surface area contributed by atoms with E-state index in [2.05, 4.69) is 31.4 Å². The Hall–Kier alpha value is -1.98. The molecule has 0 fully saturated rings. The Balaban J connectivity index is 1.75. The minimum atomic E-state index is -0.136. The van der Waals surface area contributed by atoms with Gasteiger partial charge in [0, 0.05) is 9.50 Å². The van der Waals surface area contributed by atoms with Gasteiger partial charge >= 0.3 is 0 Å². The highest BCUT2D eigenvalue weighted by Gasteiger charge is 2.23. The molecule has 0 radical (unpaired) electrons. The largest absolute Gasteiger partial charge is 0.287 e. The van der Waals surface area contributed by atoms with Gasteiger partial charge in [-0.1, -0.05) is 33.6 Å². The van der Waals surface area contributed by atoms with E-state index in [9.17, 15) is 4.79 Å². The van der Waals surface area contributed by atoms with Crippen molar-refractivity contribution < 1.29 is 4.79 Å². The number of Topliss-reactive ketones (excluding diaryl/α,β-unsaturated/α-hetero) is 1. The van der Waals surface area contributed by atoms with Gasteiger partial charge in [-0.25, -0.2) is 4.99 Å². The van der Waals surface area contributed by atoms with E-state index in [-0.39, 0.29) is 5.78 Å². The molecule has 1 aliphatic rings. The number of fused-ring (bicyclic) bond motifs is 1. The van der Waals surface area contributed by atoms with Crippen molar-refractivity contribution in [2.45, 2.75) is 0 Å². The molecule has 3 rings (SSSR count). The van der Waals surface area contributed by atoms with E-state index in [1.807, 2.05) is 18.2 Å². The SMILES string of the molecule is O=C1C(C=NNc2cccc(Cl)c2)=Nc2ccc(Br)cc21. The standard InChI is InChI=1S/C15H9BrClN3O/c16-9-4-5-13-12(6-9)15(21)14(19-13)8-18-20-11-3-1-2-10(17)7-11/h1-8,20H. The summed E-state index contributed by atoms with van der Waals surface area (Å²) in [5, 5.41) is 4.64. The average Bonchev–Trinajstić information content (AvgIpc) is 2.76. The molecule has 21 heavy (non-hydrogen) atoms. The Morgan fingerprint density at radius 3 is 2.90 bits per heavy atom. The van der Waals surface area contributed by atoms with Crippen molar-refractivity contribution in [2.75, 3.05) is 5.43 Å². The summed E-state index contributed by atoms with van der Waals surface area (Å²) in [5.74, 6) is -0.136. The molecule has 1 N–H and O–H groups in total. The van der Waals surface area contributed by atoms with Crippen LogP contribution in [0.1, 0.15) is 10.4 Å². The van der Waals surface area contributed by atoms with E-state index in [4.69, 9.17) is 11.6 Å². The van der Waals surface area contributed by atoms with Gasteiger partial charge in [0.2, 0.25) is 5.78 Å². The van der Waals surface area contributed by atoms with Gasteiger partial charge < -0.3 is 0 Å². The van der Waals surface area contributed by atoms with Crippen molar-refractivity contribution in [1.82, 2.24) is 0 Å². The first-order valence-electron chi connectivity index (χ1n) is 6.11.